The average Bonchev–Trinajstić information content (AvgIpc) is 2.28. The molecule has 0 N–H and O–H groups in total. The lowest BCUT2D eigenvalue weighted by Crippen LogP contribution is -1.63. The van der Waals surface area contributed by atoms with E-state index in [0.717, 1.165) is 0 Å². The summed E-state index contributed by atoms with van der Waals surface area (Å²) in [4.78, 5) is 0. The van der Waals surface area contributed by atoms with Crippen molar-refractivity contribution in [2.45, 2.75) is 27.7 Å². The molecule has 0 heterocycles. The second-order valence-electron chi connectivity index (χ2n) is 4.10. The summed E-state index contributed by atoms with van der Waals surface area (Å²) >= 11 is 0. The van der Waals surface area contributed by atoms with Gasteiger partial charge in [0, 0.05) is 0 Å². The Kier molecular flexibility index (Phi) is 7.87. The molecule has 0 spiro atoms. The Morgan fingerprint density at radius 1 is 0.875 bits per heavy atom. The van der Waals surface area contributed by atoms with Gasteiger partial charge in [0.05, 0.1) is 0 Å². The van der Waals surface area contributed by atoms with Crippen LogP contribution in [0.25, 0.3) is 6.08 Å². The maximum atomic E-state index is 3.63. The molecule has 0 unspecified atom stereocenters. The zero-order valence-corrected chi connectivity index (χ0v) is 10.8. The second kappa shape index (κ2) is 8.72. The summed E-state index contributed by atoms with van der Waals surface area (Å²) in [5.41, 5.74) is 3.88. The Morgan fingerprint density at radius 3 is 1.56 bits per heavy atom. The van der Waals surface area contributed by atoms with Crippen LogP contribution in [-0.2, 0) is 0 Å². The van der Waals surface area contributed by atoms with Crippen LogP contribution < -0.4 is 0 Å². The summed E-state index contributed by atoms with van der Waals surface area (Å²) in [5, 5.41) is 0. The molecular weight excluding hydrogens is 192 g/mol. The maximum absolute atomic E-state index is 3.63. The van der Waals surface area contributed by atoms with E-state index < -0.39 is 0 Å². The summed E-state index contributed by atoms with van der Waals surface area (Å²) in [7, 11) is 0. The van der Waals surface area contributed by atoms with E-state index in [4.69, 9.17) is 0 Å². The topological polar surface area (TPSA) is 0 Å². The van der Waals surface area contributed by atoms with Gasteiger partial charge in [0.15, 0.2) is 0 Å². The fraction of sp³-hybridized carbons (Fsp3) is 0.250. The first-order valence-corrected chi connectivity index (χ1v) is 5.52. The standard InChI is InChI=1S/C8H8.C8H14/c1-2-8-6-4-3-5-7-8;1-7(2)5-6-8(3)4/h2-7H,1H2;5-6H,1-4H3. The lowest BCUT2D eigenvalue weighted by atomic mass is 10.2. The van der Waals surface area contributed by atoms with Gasteiger partial charge in [0.1, 0.15) is 0 Å². The molecule has 0 atom stereocenters. The number of rotatable bonds is 2. The molecule has 0 aliphatic carbocycles. The fourth-order valence-electron chi connectivity index (χ4n) is 0.922. The Hall–Kier alpha value is -1.56. The zero-order valence-electron chi connectivity index (χ0n) is 10.8. The molecule has 0 aliphatic rings. The zero-order chi connectivity index (χ0) is 12.4. The molecule has 0 saturated carbocycles. The highest BCUT2D eigenvalue weighted by atomic mass is 13.8. The Balaban J connectivity index is 0.000000281. The van der Waals surface area contributed by atoms with Crippen LogP contribution in [0.2, 0.25) is 0 Å². The first-order chi connectivity index (χ1) is 7.56. The summed E-state index contributed by atoms with van der Waals surface area (Å²) in [6.07, 6.45) is 6.07. The summed E-state index contributed by atoms with van der Waals surface area (Å²) in [5.74, 6) is 0. The smallest absolute Gasteiger partial charge is 0.0263 e. The van der Waals surface area contributed by atoms with Gasteiger partial charge in [-0.3, -0.25) is 0 Å². The normalized spacial score (nSPS) is 8.25. The van der Waals surface area contributed by atoms with E-state index in [-0.39, 0.29) is 0 Å². The lowest BCUT2D eigenvalue weighted by Gasteiger charge is -1.85. The SMILES string of the molecule is C=Cc1ccccc1.CC(C)=CC=C(C)C. The molecule has 0 amide bonds. The van der Waals surface area contributed by atoms with Gasteiger partial charge in [-0.05, 0) is 33.3 Å². The van der Waals surface area contributed by atoms with Crippen molar-refractivity contribution >= 4 is 6.08 Å². The van der Waals surface area contributed by atoms with Gasteiger partial charge in [0.2, 0.25) is 0 Å². The van der Waals surface area contributed by atoms with Crippen molar-refractivity contribution in [3.8, 4) is 0 Å². The van der Waals surface area contributed by atoms with E-state index in [1.54, 1.807) is 0 Å². The van der Waals surface area contributed by atoms with Crippen LogP contribution in [0.1, 0.15) is 33.3 Å². The molecule has 0 saturated heterocycles. The number of hydrogen-bond donors (Lipinski definition) is 0. The van der Waals surface area contributed by atoms with Crippen LogP contribution in [0.3, 0.4) is 0 Å². The van der Waals surface area contributed by atoms with E-state index >= 15 is 0 Å². The van der Waals surface area contributed by atoms with Crippen LogP contribution >= 0.6 is 0 Å². The third-order valence-corrected chi connectivity index (χ3v) is 1.79. The van der Waals surface area contributed by atoms with Gasteiger partial charge >= 0.3 is 0 Å². The molecule has 0 fully saturated rings. The molecule has 0 aliphatic heterocycles. The quantitative estimate of drug-likeness (QED) is 0.590. The van der Waals surface area contributed by atoms with Gasteiger partial charge < -0.3 is 0 Å². The van der Waals surface area contributed by atoms with Gasteiger partial charge in [0.25, 0.3) is 0 Å². The van der Waals surface area contributed by atoms with Crippen LogP contribution in [0, 0.1) is 0 Å². The number of allylic oxidation sites excluding steroid dienone is 4. The minimum Gasteiger partial charge on any atom is -0.0985 e. The highest BCUT2D eigenvalue weighted by Crippen LogP contribution is 1.97. The van der Waals surface area contributed by atoms with E-state index in [0.29, 0.717) is 0 Å². The molecule has 1 aromatic carbocycles. The molecular formula is C16H22. The van der Waals surface area contributed by atoms with Crippen molar-refractivity contribution in [1.29, 1.82) is 0 Å². The molecule has 0 radical (unpaired) electrons. The minimum atomic E-state index is 1.17. The number of benzene rings is 1. The lowest BCUT2D eigenvalue weighted by molar-refractivity contribution is 1.35. The van der Waals surface area contributed by atoms with Gasteiger partial charge in [-0.25, -0.2) is 0 Å². The van der Waals surface area contributed by atoms with Crippen molar-refractivity contribution in [2.75, 3.05) is 0 Å². The fourth-order valence-corrected chi connectivity index (χ4v) is 0.922. The molecule has 0 heteroatoms. The van der Waals surface area contributed by atoms with Crippen LogP contribution in [0.15, 0.2) is 60.2 Å². The van der Waals surface area contributed by atoms with Crippen molar-refractivity contribution in [3.05, 3.63) is 65.8 Å². The molecule has 1 rings (SSSR count). The van der Waals surface area contributed by atoms with Gasteiger partial charge in [-0.1, -0.05) is 66.3 Å². The van der Waals surface area contributed by atoms with Crippen LogP contribution in [0.5, 0.6) is 0 Å². The second-order valence-corrected chi connectivity index (χ2v) is 4.10. The van der Waals surface area contributed by atoms with Crippen molar-refractivity contribution < 1.29 is 0 Å². The molecule has 16 heavy (non-hydrogen) atoms. The molecule has 1 aromatic rings. The van der Waals surface area contributed by atoms with Crippen LogP contribution in [0.4, 0.5) is 0 Å². The maximum Gasteiger partial charge on any atom is -0.0263 e. The third-order valence-electron chi connectivity index (χ3n) is 1.79. The Labute approximate surface area is 100 Å². The Bertz CT molecular complexity index is 329. The number of hydrogen-bond acceptors (Lipinski definition) is 0. The predicted molar refractivity (Wildman–Crippen MR) is 75.4 cm³/mol. The largest absolute Gasteiger partial charge is 0.0985 e. The first-order valence-electron chi connectivity index (χ1n) is 5.52. The summed E-state index contributed by atoms with van der Waals surface area (Å²) in [6.45, 7) is 12.0. The summed E-state index contributed by atoms with van der Waals surface area (Å²) < 4.78 is 0. The third kappa shape index (κ3) is 9.01. The van der Waals surface area contributed by atoms with E-state index in [2.05, 4.69) is 46.4 Å². The molecule has 0 bridgehead atoms. The van der Waals surface area contributed by atoms with Gasteiger partial charge in [-0.15, -0.1) is 0 Å². The Morgan fingerprint density at radius 2 is 1.31 bits per heavy atom. The van der Waals surface area contributed by atoms with E-state index in [1.807, 2.05) is 36.4 Å². The first kappa shape index (κ1) is 14.4. The molecule has 0 aromatic heterocycles. The predicted octanol–water partition coefficient (Wildman–Crippen LogP) is 5.25. The van der Waals surface area contributed by atoms with Crippen molar-refractivity contribution in [2.24, 2.45) is 0 Å². The highest BCUT2D eigenvalue weighted by Gasteiger charge is 1.75. The van der Waals surface area contributed by atoms with Crippen LogP contribution in [-0.4, -0.2) is 0 Å². The van der Waals surface area contributed by atoms with Gasteiger partial charge in [-0.2, -0.15) is 0 Å². The highest BCUT2D eigenvalue weighted by molar-refractivity contribution is 5.45. The molecule has 86 valence electrons. The average molecular weight is 214 g/mol. The van der Waals surface area contributed by atoms with Crippen molar-refractivity contribution in [3.63, 3.8) is 0 Å². The summed E-state index contributed by atoms with van der Waals surface area (Å²) in [6, 6.07) is 10.0. The van der Waals surface area contributed by atoms with E-state index in [1.165, 1.54) is 16.7 Å². The molecule has 0 nitrogen and oxygen atoms in total. The van der Waals surface area contributed by atoms with Crippen molar-refractivity contribution in [1.82, 2.24) is 0 Å². The monoisotopic (exact) mass is 214 g/mol. The minimum absolute atomic E-state index is 1.17. The van der Waals surface area contributed by atoms with E-state index in [9.17, 15) is 0 Å².